The Hall–Kier alpha value is -1.35. The molecule has 0 unspecified atom stereocenters. The smallest absolute Gasteiger partial charge is 0.146 e. The Balaban J connectivity index is 2.25. The van der Waals surface area contributed by atoms with Crippen LogP contribution in [0.25, 0.3) is 0 Å². The van der Waals surface area contributed by atoms with Gasteiger partial charge in [0.25, 0.3) is 0 Å². The number of halogens is 1. The van der Waals surface area contributed by atoms with Crippen molar-refractivity contribution < 1.29 is 4.39 Å². The summed E-state index contributed by atoms with van der Waals surface area (Å²) in [5.41, 5.74) is 7.24. The zero-order valence-corrected chi connectivity index (χ0v) is 9.49. The fourth-order valence-electron chi connectivity index (χ4n) is 1.92. The van der Waals surface area contributed by atoms with E-state index in [1.165, 1.54) is 0 Å². The minimum atomic E-state index is -0.176. The molecule has 1 atom stereocenters. The summed E-state index contributed by atoms with van der Waals surface area (Å²) in [5.74, 6) is -0.176. The summed E-state index contributed by atoms with van der Waals surface area (Å²) in [6.45, 7) is 3.53. The number of hydrogen-bond donors (Lipinski definition) is 1. The topological polar surface area (TPSA) is 29.3 Å². The summed E-state index contributed by atoms with van der Waals surface area (Å²) in [4.78, 5) is 2.04. The number of benzene rings is 1. The van der Waals surface area contributed by atoms with E-state index < -0.39 is 0 Å². The van der Waals surface area contributed by atoms with Gasteiger partial charge in [0.05, 0.1) is 5.69 Å². The molecule has 1 aliphatic rings. The molecule has 86 valence electrons. The molecule has 2 N–H and O–H groups in total. The Labute approximate surface area is 95.6 Å². The lowest BCUT2D eigenvalue weighted by Crippen LogP contribution is -2.27. The van der Waals surface area contributed by atoms with Crippen LogP contribution in [0.15, 0.2) is 30.4 Å². The van der Waals surface area contributed by atoms with Crippen LogP contribution in [0.1, 0.15) is 24.9 Å². The highest BCUT2D eigenvalue weighted by Gasteiger charge is 2.13. The van der Waals surface area contributed by atoms with Gasteiger partial charge in [0.2, 0.25) is 0 Å². The molecule has 0 radical (unpaired) electrons. The quantitative estimate of drug-likeness (QED) is 0.776. The molecule has 2 nitrogen and oxygen atoms in total. The summed E-state index contributed by atoms with van der Waals surface area (Å²) in [6.07, 6.45) is 5.18. The first-order valence-electron chi connectivity index (χ1n) is 5.63. The van der Waals surface area contributed by atoms with Crippen LogP contribution < -0.4 is 10.6 Å². The summed E-state index contributed by atoms with van der Waals surface area (Å²) in [7, 11) is 0. The molecule has 0 aliphatic carbocycles. The minimum absolute atomic E-state index is 0.121. The molecule has 0 spiro atoms. The summed E-state index contributed by atoms with van der Waals surface area (Å²) < 4.78 is 13.9. The lowest BCUT2D eigenvalue weighted by molar-refractivity contribution is 0.613. The largest absolute Gasteiger partial charge is 0.365 e. The summed E-state index contributed by atoms with van der Waals surface area (Å²) in [5, 5.41) is 0. The van der Waals surface area contributed by atoms with Gasteiger partial charge in [0, 0.05) is 19.1 Å². The maximum absolute atomic E-state index is 13.9. The van der Waals surface area contributed by atoms with Gasteiger partial charge in [-0.1, -0.05) is 18.2 Å². The third kappa shape index (κ3) is 2.25. The molecule has 0 saturated heterocycles. The average molecular weight is 220 g/mol. The van der Waals surface area contributed by atoms with Crippen LogP contribution in [0, 0.1) is 5.82 Å². The van der Waals surface area contributed by atoms with E-state index in [2.05, 4.69) is 12.2 Å². The van der Waals surface area contributed by atoms with Crippen molar-refractivity contribution in [1.29, 1.82) is 0 Å². The second-order valence-corrected chi connectivity index (χ2v) is 4.21. The predicted octanol–water partition coefficient (Wildman–Crippen LogP) is 2.61. The molecule has 1 aromatic carbocycles. The molecule has 1 aliphatic heterocycles. The van der Waals surface area contributed by atoms with E-state index in [0.717, 1.165) is 25.1 Å². The molecular weight excluding hydrogens is 203 g/mol. The highest BCUT2D eigenvalue weighted by atomic mass is 19.1. The SMILES string of the molecule is C[C@H](N)c1ccc(N2CC=CCC2)c(F)c1. The number of nitrogens with two attached hydrogens (primary N) is 1. The van der Waals surface area contributed by atoms with Crippen molar-refractivity contribution in [2.24, 2.45) is 5.73 Å². The first kappa shape index (κ1) is 11.1. The Bertz CT molecular complexity index is 399. The van der Waals surface area contributed by atoms with Crippen LogP contribution in [0.2, 0.25) is 0 Å². The first-order chi connectivity index (χ1) is 7.68. The van der Waals surface area contributed by atoms with Crippen molar-refractivity contribution in [3.8, 4) is 0 Å². The summed E-state index contributed by atoms with van der Waals surface area (Å²) >= 11 is 0. The average Bonchev–Trinajstić information content (AvgIpc) is 2.30. The van der Waals surface area contributed by atoms with Crippen LogP contribution in [0.5, 0.6) is 0 Å². The van der Waals surface area contributed by atoms with Gasteiger partial charge >= 0.3 is 0 Å². The summed E-state index contributed by atoms with van der Waals surface area (Å²) in [6, 6.07) is 5.15. The fraction of sp³-hybridized carbons (Fsp3) is 0.385. The monoisotopic (exact) mass is 220 g/mol. The molecule has 0 bridgehead atoms. The fourth-order valence-corrected chi connectivity index (χ4v) is 1.92. The zero-order valence-electron chi connectivity index (χ0n) is 9.49. The second kappa shape index (κ2) is 4.66. The Kier molecular flexibility index (Phi) is 3.25. The van der Waals surface area contributed by atoms with E-state index in [9.17, 15) is 4.39 Å². The molecule has 2 rings (SSSR count). The molecule has 0 saturated carbocycles. The van der Waals surface area contributed by atoms with E-state index in [1.807, 2.05) is 24.0 Å². The molecule has 0 fully saturated rings. The van der Waals surface area contributed by atoms with E-state index >= 15 is 0 Å². The molecule has 0 amide bonds. The van der Waals surface area contributed by atoms with Gasteiger partial charge in [0.1, 0.15) is 5.82 Å². The van der Waals surface area contributed by atoms with Gasteiger partial charge in [-0.3, -0.25) is 0 Å². The molecule has 3 heteroatoms. The lowest BCUT2D eigenvalue weighted by atomic mass is 10.1. The van der Waals surface area contributed by atoms with Crippen molar-refractivity contribution in [2.45, 2.75) is 19.4 Å². The van der Waals surface area contributed by atoms with E-state index in [1.54, 1.807) is 6.07 Å². The van der Waals surface area contributed by atoms with Crippen molar-refractivity contribution in [2.75, 3.05) is 18.0 Å². The van der Waals surface area contributed by atoms with Gasteiger partial charge in [-0.25, -0.2) is 4.39 Å². The Morgan fingerprint density at radius 1 is 1.38 bits per heavy atom. The van der Waals surface area contributed by atoms with Crippen molar-refractivity contribution in [1.82, 2.24) is 0 Å². The first-order valence-corrected chi connectivity index (χ1v) is 5.63. The molecule has 1 heterocycles. The van der Waals surface area contributed by atoms with Crippen LogP contribution in [0.4, 0.5) is 10.1 Å². The highest BCUT2D eigenvalue weighted by molar-refractivity contribution is 5.50. The predicted molar refractivity (Wildman–Crippen MR) is 65.0 cm³/mol. The van der Waals surface area contributed by atoms with E-state index in [0.29, 0.717) is 5.69 Å². The maximum atomic E-state index is 13.9. The standard InChI is InChI=1S/C13H17FN2/c1-10(15)11-5-6-13(12(14)9-11)16-7-3-2-4-8-16/h2-3,5-6,9-10H,4,7-8,15H2,1H3/t10-/m0/s1. The molecule has 0 aromatic heterocycles. The van der Waals surface area contributed by atoms with Crippen LogP contribution in [0.3, 0.4) is 0 Å². The number of hydrogen-bond acceptors (Lipinski definition) is 2. The van der Waals surface area contributed by atoms with Gasteiger partial charge in [-0.15, -0.1) is 0 Å². The third-order valence-corrected chi connectivity index (χ3v) is 2.90. The van der Waals surface area contributed by atoms with Gasteiger partial charge in [0.15, 0.2) is 0 Å². The number of nitrogens with zero attached hydrogens (tertiary/aromatic N) is 1. The van der Waals surface area contributed by atoms with Crippen molar-refractivity contribution in [3.63, 3.8) is 0 Å². The number of anilines is 1. The highest BCUT2D eigenvalue weighted by Crippen LogP contribution is 2.24. The third-order valence-electron chi connectivity index (χ3n) is 2.90. The van der Waals surface area contributed by atoms with E-state index in [4.69, 9.17) is 5.73 Å². The van der Waals surface area contributed by atoms with Crippen molar-refractivity contribution in [3.05, 3.63) is 41.7 Å². The van der Waals surface area contributed by atoms with Crippen LogP contribution >= 0.6 is 0 Å². The van der Waals surface area contributed by atoms with Crippen LogP contribution in [-0.4, -0.2) is 13.1 Å². The second-order valence-electron chi connectivity index (χ2n) is 4.21. The van der Waals surface area contributed by atoms with Gasteiger partial charge in [-0.05, 0) is 31.0 Å². The van der Waals surface area contributed by atoms with Crippen molar-refractivity contribution >= 4 is 5.69 Å². The van der Waals surface area contributed by atoms with Gasteiger partial charge in [-0.2, -0.15) is 0 Å². The lowest BCUT2D eigenvalue weighted by Gasteiger charge is -2.26. The normalized spacial score (nSPS) is 17.6. The van der Waals surface area contributed by atoms with Crippen LogP contribution in [-0.2, 0) is 0 Å². The van der Waals surface area contributed by atoms with E-state index in [-0.39, 0.29) is 11.9 Å². The Morgan fingerprint density at radius 3 is 2.75 bits per heavy atom. The molecule has 16 heavy (non-hydrogen) atoms. The molecular formula is C13H17FN2. The minimum Gasteiger partial charge on any atom is -0.365 e. The zero-order chi connectivity index (χ0) is 11.5. The van der Waals surface area contributed by atoms with Gasteiger partial charge < -0.3 is 10.6 Å². The Morgan fingerprint density at radius 2 is 2.19 bits per heavy atom. The number of rotatable bonds is 2. The molecule has 1 aromatic rings. The maximum Gasteiger partial charge on any atom is 0.146 e.